The zero-order valence-corrected chi connectivity index (χ0v) is 83.5. The number of rotatable bonds is 24. The molecule has 134 heavy (non-hydrogen) atoms. The van der Waals surface area contributed by atoms with E-state index < -0.39 is 95.3 Å². The topological polar surface area (TPSA) is 188 Å². The Labute approximate surface area is 821 Å². The van der Waals surface area contributed by atoms with E-state index in [9.17, 15) is 0 Å². The van der Waals surface area contributed by atoms with E-state index in [0.29, 0.717) is 0 Å². The van der Waals surface area contributed by atoms with Crippen molar-refractivity contribution in [2.75, 3.05) is 0 Å². The molecule has 14 aromatic carbocycles. The molecule has 0 saturated carbocycles. The lowest BCUT2D eigenvalue weighted by Gasteiger charge is -2.14. The van der Waals surface area contributed by atoms with E-state index in [2.05, 4.69) is 143 Å². The number of nitrogens with zero attached hydrogens (tertiary/aromatic N) is 6. The van der Waals surface area contributed by atoms with Crippen molar-refractivity contribution in [3.63, 3.8) is 0 Å². The van der Waals surface area contributed by atoms with Gasteiger partial charge in [-0.2, -0.15) is 0 Å². The lowest BCUT2D eigenvalue weighted by atomic mass is 10.1. The molecular formula is C110H94Al6N6O12. The Bertz CT molecular complexity index is 7410. The molecule has 20 aromatic rings. The molecule has 654 valence electrons. The number of pyridine rings is 6. The van der Waals surface area contributed by atoms with Crippen LogP contribution >= 0.6 is 0 Å². The third-order valence-corrected chi connectivity index (χ3v) is 25.6. The molecule has 0 aliphatic carbocycles. The van der Waals surface area contributed by atoms with Crippen LogP contribution in [0, 0.1) is 83.1 Å². The third kappa shape index (κ3) is 26.7. The van der Waals surface area contributed by atoms with E-state index in [4.69, 9.17) is 45.5 Å². The summed E-state index contributed by atoms with van der Waals surface area (Å²) in [6, 6.07) is 117. The summed E-state index contributed by atoms with van der Waals surface area (Å²) in [5.41, 5.74) is 18.3. The molecule has 0 amide bonds. The summed E-state index contributed by atoms with van der Waals surface area (Å²) < 4.78 is 70.0. The first-order valence-corrected chi connectivity index (χ1v) is 49.3. The average Bonchev–Trinajstić information content (AvgIpc) is 0.849. The maximum Gasteiger partial charge on any atom is 0.881 e. The molecule has 0 N–H and O–H groups in total. The minimum atomic E-state index is -0.672. The first kappa shape index (κ1) is 95.5. The van der Waals surface area contributed by atoms with Gasteiger partial charge in [-0.15, -0.1) is 0 Å². The molecule has 0 spiro atoms. The predicted molar refractivity (Wildman–Crippen MR) is 543 cm³/mol. The van der Waals surface area contributed by atoms with E-state index in [0.717, 1.165) is 196 Å². The Morgan fingerprint density at radius 1 is 0.164 bits per heavy atom. The first-order valence-electron chi connectivity index (χ1n) is 43.7. The van der Waals surface area contributed by atoms with E-state index in [1.807, 2.05) is 322 Å². The van der Waals surface area contributed by atoms with Crippen molar-refractivity contribution in [3.05, 3.63) is 419 Å². The molecule has 20 rings (SSSR count). The zero-order valence-electron chi connectivity index (χ0n) is 76.5. The second kappa shape index (κ2) is 47.5. The van der Waals surface area contributed by atoms with Crippen LogP contribution in [-0.4, -0.2) is 125 Å². The zero-order chi connectivity index (χ0) is 93.1. The monoisotopic (exact) mass is 1850 g/mol. The molecule has 6 radical (unpaired) electrons. The van der Waals surface area contributed by atoms with Gasteiger partial charge in [-0.1, -0.05) is 224 Å². The number of aromatic nitrogens is 6. The van der Waals surface area contributed by atoms with Crippen molar-refractivity contribution in [3.8, 4) is 69.0 Å². The smallest absolute Gasteiger partial charge is 0.616 e. The molecule has 6 heterocycles. The second-order valence-electron chi connectivity index (χ2n) is 31.8. The SMILES string of the molecule is Cc1cc(C)cc([O][Al][O]c2cccc3ccc(C)nc23)c1.Cc1ccc2cccc([O][Al][O]c3c(C)cccc3C)c2n1.Cc1ccc2cccc([O][Al][O]c3ccc(C)c(C)c3)c2n1.Cc1ccc2cccc([O][Al][O]c3ccc4ccccc4c3)c2n1.Cc1ccc2cccc([O][Al][O]c3cccc4ccccc34)c2n1.Cc1ccc2cccc([O][Al][O]c3ccccc3)c2n1. The predicted octanol–water partition coefficient (Wildman–Crippen LogP) is 25.4. The normalized spacial score (nSPS) is 10.5. The number of aryl methyl sites for hydroxylation is 12. The Balaban J connectivity index is 0.000000123. The number of hydrogen-bond acceptors (Lipinski definition) is 18. The van der Waals surface area contributed by atoms with Crippen LogP contribution in [-0.2, 0) is 0 Å². The standard InChI is InChI=1S/6C10H9NO.2C10H8O.3C8H10O.C6H6O.6Al/c6*1-7-5-6-8-3-2-4-9(12)10(8)11-7;11-10-7-3-5-8-4-1-2-6-9(8)10;11-10-6-5-8-3-1-2-4-9(8)7-10;1-6-3-7(2)5-8(9)4-6;1-6-3-4-8(9)5-7(6)2;1-6-4-3-5-7(2)8(6)9;7-6-4-2-1-3-5-6;;;;;;/h6*2-6,12H,1H3;2*1-7,11H;3*3-5,9H,1-2H3;1-5,7H;;;;;;/q;;;;;;;;;;;;6*+2/p-12. The van der Waals surface area contributed by atoms with Gasteiger partial charge in [-0.25, -0.2) is 29.9 Å². The maximum atomic E-state index is 5.94. The minimum Gasteiger partial charge on any atom is -0.616 e. The molecule has 0 aliphatic rings. The summed E-state index contributed by atoms with van der Waals surface area (Å²) >= 11 is -3.83. The van der Waals surface area contributed by atoms with Crippen LogP contribution in [0.25, 0.3) is 87.0 Å². The van der Waals surface area contributed by atoms with Gasteiger partial charge >= 0.3 is 95.3 Å². The van der Waals surface area contributed by atoms with Crippen molar-refractivity contribution < 1.29 is 45.5 Å². The summed E-state index contributed by atoms with van der Waals surface area (Å²) in [6.07, 6.45) is 0. The Kier molecular flexibility index (Phi) is 33.8. The summed E-state index contributed by atoms with van der Waals surface area (Å²) in [7, 11) is 0. The van der Waals surface area contributed by atoms with Gasteiger partial charge in [-0.05, 0) is 260 Å². The van der Waals surface area contributed by atoms with Gasteiger partial charge in [0.15, 0.2) is 0 Å². The number of hydrogen-bond donors (Lipinski definition) is 0. The highest BCUT2D eigenvalue weighted by Crippen LogP contribution is 2.34. The maximum absolute atomic E-state index is 5.94. The van der Waals surface area contributed by atoms with E-state index >= 15 is 0 Å². The lowest BCUT2D eigenvalue weighted by Crippen LogP contribution is -2.12. The van der Waals surface area contributed by atoms with E-state index in [-0.39, 0.29) is 0 Å². The molecule has 0 aliphatic heterocycles. The van der Waals surface area contributed by atoms with Crippen molar-refractivity contribution >= 4 is 182 Å². The summed E-state index contributed by atoms with van der Waals surface area (Å²) in [5.74, 6) is 9.78. The minimum absolute atomic E-state index is 0.609. The fourth-order valence-electron chi connectivity index (χ4n) is 14.5. The number of fused-ring (bicyclic) bond motifs is 8. The van der Waals surface area contributed by atoms with Crippen LogP contribution in [0.2, 0.25) is 0 Å². The van der Waals surface area contributed by atoms with Gasteiger partial charge < -0.3 is 45.5 Å². The Morgan fingerprint density at radius 3 is 0.843 bits per heavy atom. The quantitative estimate of drug-likeness (QED) is 0.0519. The van der Waals surface area contributed by atoms with Crippen molar-refractivity contribution in [2.45, 2.75) is 83.1 Å². The molecule has 0 atom stereocenters. The third-order valence-electron chi connectivity index (χ3n) is 21.4. The van der Waals surface area contributed by atoms with Crippen molar-refractivity contribution in [1.29, 1.82) is 0 Å². The van der Waals surface area contributed by atoms with Crippen LogP contribution in [0.5, 0.6) is 69.0 Å². The van der Waals surface area contributed by atoms with Crippen LogP contribution in [0.4, 0.5) is 0 Å². The average molecular weight is 1850 g/mol. The molecule has 0 bridgehead atoms. The van der Waals surface area contributed by atoms with E-state index in [1.54, 1.807) is 0 Å². The largest absolute Gasteiger partial charge is 0.881 e. The Morgan fingerprint density at radius 2 is 0.448 bits per heavy atom. The first-order chi connectivity index (χ1) is 65.3. The molecule has 0 fully saturated rings. The lowest BCUT2D eigenvalue weighted by molar-refractivity contribution is 0.457. The molecule has 18 nitrogen and oxygen atoms in total. The second-order valence-corrected chi connectivity index (χ2v) is 35.7. The summed E-state index contributed by atoms with van der Waals surface area (Å²) in [6.45, 7) is 24.3. The van der Waals surface area contributed by atoms with Crippen LogP contribution in [0.1, 0.15) is 67.5 Å². The fourth-order valence-corrected chi connectivity index (χ4v) is 18.3. The summed E-state index contributed by atoms with van der Waals surface area (Å²) in [4.78, 5) is 27.4. The van der Waals surface area contributed by atoms with Crippen LogP contribution < -0.4 is 45.5 Å². The van der Waals surface area contributed by atoms with Gasteiger partial charge in [0.2, 0.25) is 0 Å². The highest BCUT2D eigenvalue weighted by Gasteiger charge is 2.19. The Hall–Kier alpha value is -13.1. The van der Waals surface area contributed by atoms with Gasteiger partial charge in [0.05, 0.1) is 34.5 Å². The molecule has 0 saturated heterocycles. The highest BCUT2D eigenvalue weighted by molar-refractivity contribution is 6.24. The molecule has 0 unspecified atom stereocenters. The van der Waals surface area contributed by atoms with Gasteiger partial charge in [0.25, 0.3) is 0 Å². The molecule has 6 aromatic heterocycles. The highest BCUT2D eigenvalue weighted by atomic mass is 27.2. The van der Waals surface area contributed by atoms with E-state index in [1.165, 1.54) is 27.6 Å². The van der Waals surface area contributed by atoms with Crippen molar-refractivity contribution in [1.82, 2.24) is 29.9 Å². The van der Waals surface area contributed by atoms with Crippen LogP contribution in [0.3, 0.4) is 0 Å². The van der Waals surface area contributed by atoms with Gasteiger partial charge in [0, 0.05) is 71.9 Å². The summed E-state index contributed by atoms with van der Waals surface area (Å²) in [5, 5.41) is 11.1. The molecule has 24 heteroatoms. The number of benzene rings is 14. The van der Waals surface area contributed by atoms with Gasteiger partial charge in [0.1, 0.15) is 67.6 Å². The van der Waals surface area contributed by atoms with Crippen LogP contribution in [0.15, 0.2) is 352 Å². The fraction of sp³-hybridized carbons (Fsp3) is 0.109. The van der Waals surface area contributed by atoms with Crippen molar-refractivity contribution in [2.24, 2.45) is 0 Å². The molecular weight excluding hydrogens is 1760 g/mol. The van der Waals surface area contributed by atoms with Gasteiger partial charge in [-0.3, -0.25) is 0 Å². The number of para-hydroxylation sites is 8.